The summed E-state index contributed by atoms with van der Waals surface area (Å²) in [4.78, 5) is 27.2. The zero-order chi connectivity index (χ0) is 17.6. The van der Waals surface area contributed by atoms with Gasteiger partial charge in [0.25, 0.3) is 5.91 Å². The van der Waals surface area contributed by atoms with Crippen molar-refractivity contribution in [1.82, 2.24) is 4.90 Å². The van der Waals surface area contributed by atoms with Crippen LogP contribution >= 0.6 is 0 Å². The van der Waals surface area contributed by atoms with Gasteiger partial charge in [-0.3, -0.25) is 9.59 Å². The Hall–Kier alpha value is -3.08. The third-order valence-corrected chi connectivity index (χ3v) is 4.52. The van der Waals surface area contributed by atoms with Crippen LogP contribution in [0.1, 0.15) is 34.6 Å². The number of carbonyl (C=O) groups is 1. The predicted molar refractivity (Wildman–Crippen MR) is 94.0 cm³/mol. The van der Waals surface area contributed by atoms with Crippen LogP contribution in [-0.4, -0.2) is 24.5 Å². The van der Waals surface area contributed by atoms with Gasteiger partial charge in [-0.05, 0) is 36.8 Å². The Morgan fingerprint density at radius 2 is 1.80 bits per heavy atom. The summed E-state index contributed by atoms with van der Waals surface area (Å²) in [6, 6.07) is 14.0. The number of amides is 1. The minimum absolute atomic E-state index is 0.130. The second-order valence-electron chi connectivity index (χ2n) is 5.99. The molecule has 4 rings (SSSR count). The Morgan fingerprint density at radius 1 is 1.08 bits per heavy atom. The highest BCUT2D eigenvalue weighted by molar-refractivity contribution is 5.98. The summed E-state index contributed by atoms with van der Waals surface area (Å²) in [5.41, 5.74) is 1.52. The van der Waals surface area contributed by atoms with Gasteiger partial charge in [-0.15, -0.1) is 0 Å². The molecule has 126 valence electrons. The van der Waals surface area contributed by atoms with Crippen molar-refractivity contribution in [3.05, 3.63) is 75.6 Å². The molecule has 1 unspecified atom stereocenters. The summed E-state index contributed by atoms with van der Waals surface area (Å²) in [6.45, 7) is 2.50. The third-order valence-electron chi connectivity index (χ3n) is 4.52. The number of benzene rings is 2. The number of hydrogen-bond acceptors (Lipinski definition) is 4. The lowest BCUT2D eigenvalue weighted by molar-refractivity contribution is 0.0771. The van der Waals surface area contributed by atoms with E-state index in [9.17, 15) is 9.59 Å². The van der Waals surface area contributed by atoms with E-state index in [0.29, 0.717) is 23.1 Å². The number of hydrogen-bond donors (Lipinski definition) is 0. The molecule has 2 heterocycles. The van der Waals surface area contributed by atoms with Gasteiger partial charge in [0.2, 0.25) is 5.76 Å². The fourth-order valence-corrected chi connectivity index (χ4v) is 3.34. The molecule has 1 aliphatic rings. The van der Waals surface area contributed by atoms with Crippen molar-refractivity contribution in [1.29, 1.82) is 0 Å². The van der Waals surface area contributed by atoms with E-state index in [1.165, 1.54) is 0 Å². The number of fused-ring (bicyclic) bond motifs is 2. The molecule has 5 nitrogen and oxygen atoms in total. The minimum Gasteiger partial charge on any atom is -0.494 e. The molecule has 0 bridgehead atoms. The molecule has 25 heavy (non-hydrogen) atoms. The average Bonchev–Trinajstić information content (AvgIpc) is 2.88. The predicted octanol–water partition coefficient (Wildman–Crippen LogP) is 3.37. The van der Waals surface area contributed by atoms with Gasteiger partial charge >= 0.3 is 0 Å². The molecular weight excluding hydrogens is 318 g/mol. The van der Waals surface area contributed by atoms with Crippen LogP contribution in [0.25, 0.3) is 11.0 Å². The quantitative estimate of drug-likeness (QED) is 0.736. The molecule has 5 heteroatoms. The topological polar surface area (TPSA) is 59.8 Å². The average molecular weight is 335 g/mol. The van der Waals surface area contributed by atoms with E-state index < -0.39 is 6.04 Å². The van der Waals surface area contributed by atoms with Crippen molar-refractivity contribution in [2.75, 3.05) is 13.7 Å². The molecule has 2 aromatic carbocycles. The molecule has 1 aromatic heterocycles. The van der Waals surface area contributed by atoms with Gasteiger partial charge in [-0.25, -0.2) is 0 Å². The Balaban J connectivity index is 1.90. The SMILES string of the molecule is CCOc1ccc(C2c3c(oc4ccccc4c3=O)C(=O)N2C)cc1. The summed E-state index contributed by atoms with van der Waals surface area (Å²) < 4.78 is 11.2. The second-order valence-corrected chi connectivity index (χ2v) is 5.99. The van der Waals surface area contributed by atoms with Gasteiger partial charge in [0.1, 0.15) is 11.3 Å². The van der Waals surface area contributed by atoms with Crippen LogP contribution in [0.4, 0.5) is 0 Å². The molecule has 1 amide bonds. The lowest BCUT2D eigenvalue weighted by atomic mass is 9.99. The number of ether oxygens (including phenoxy) is 1. The Kier molecular flexibility index (Phi) is 3.57. The Bertz CT molecular complexity index is 1020. The fourth-order valence-electron chi connectivity index (χ4n) is 3.34. The van der Waals surface area contributed by atoms with Crippen LogP contribution in [0.5, 0.6) is 5.75 Å². The van der Waals surface area contributed by atoms with Crippen LogP contribution in [-0.2, 0) is 0 Å². The van der Waals surface area contributed by atoms with Crippen LogP contribution in [0, 0.1) is 0 Å². The Labute approximate surface area is 144 Å². The van der Waals surface area contributed by atoms with Gasteiger partial charge in [-0.2, -0.15) is 0 Å². The van der Waals surface area contributed by atoms with Crippen molar-refractivity contribution >= 4 is 16.9 Å². The van der Waals surface area contributed by atoms with Crippen LogP contribution in [0.2, 0.25) is 0 Å². The lowest BCUT2D eigenvalue weighted by Gasteiger charge is -2.20. The summed E-state index contributed by atoms with van der Waals surface area (Å²) in [7, 11) is 1.68. The van der Waals surface area contributed by atoms with Crippen molar-refractivity contribution in [2.45, 2.75) is 13.0 Å². The number of rotatable bonds is 3. The summed E-state index contributed by atoms with van der Waals surface area (Å²) >= 11 is 0. The first-order valence-corrected chi connectivity index (χ1v) is 8.17. The maximum Gasteiger partial charge on any atom is 0.290 e. The molecule has 0 fully saturated rings. The molecule has 0 N–H and O–H groups in total. The maximum absolute atomic E-state index is 13.0. The van der Waals surface area contributed by atoms with Crippen molar-refractivity contribution in [2.24, 2.45) is 0 Å². The molecule has 0 radical (unpaired) electrons. The standard InChI is InChI=1S/C20H17NO4/c1-3-24-13-10-8-12(9-11-13)17-16-18(22)14-6-4-5-7-15(14)25-19(16)20(23)21(17)2/h4-11,17H,3H2,1-2H3. The van der Waals surface area contributed by atoms with E-state index in [1.807, 2.05) is 31.2 Å². The van der Waals surface area contributed by atoms with Gasteiger partial charge in [0.05, 0.1) is 23.6 Å². The summed E-state index contributed by atoms with van der Waals surface area (Å²) in [6.07, 6.45) is 0. The first-order valence-electron chi connectivity index (χ1n) is 8.17. The van der Waals surface area contributed by atoms with Crippen molar-refractivity contribution in [3.8, 4) is 5.75 Å². The van der Waals surface area contributed by atoms with Crippen molar-refractivity contribution in [3.63, 3.8) is 0 Å². The van der Waals surface area contributed by atoms with E-state index >= 15 is 0 Å². The fraction of sp³-hybridized carbons (Fsp3) is 0.200. The number of nitrogens with zero attached hydrogens (tertiary/aromatic N) is 1. The highest BCUT2D eigenvalue weighted by Crippen LogP contribution is 2.37. The lowest BCUT2D eigenvalue weighted by Crippen LogP contribution is -2.25. The van der Waals surface area contributed by atoms with E-state index in [1.54, 1.807) is 36.2 Å². The molecular formula is C20H17NO4. The normalized spacial score (nSPS) is 16.3. The van der Waals surface area contributed by atoms with E-state index in [2.05, 4.69) is 0 Å². The van der Waals surface area contributed by atoms with Crippen molar-refractivity contribution < 1.29 is 13.9 Å². The molecule has 1 atom stereocenters. The maximum atomic E-state index is 13.0. The van der Waals surface area contributed by atoms with E-state index in [4.69, 9.17) is 9.15 Å². The van der Waals surface area contributed by atoms with Gasteiger partial charge < -0.3 is 14.1 Å². The highest BCUT2D eigenvalue weighted by atomic mass is 16.5. The number of para-hydroxylation sites is 1. The monoisotopic (exact) mass is 335 g/mol. The van der Waals surface area contributed by atoms with E-state index in [0.717, 1.165) is 11.3 Å². The molecule has 3 aromatic rings. The smallest absolute Gasteiger partial charge is 0.290 e. The third kappa shape index (κ3) is 2.31. The second kappa shape index (κ2) is 5.77. The van der Waals surface area contributed by atoms with Gasteiger partial charge in [0, 0.05) is 7.05 Å². The minimum atomic E-state index is -0.459. The molecule has 0 spiro atoms. The first kappa shape index (κ1) is 15.4. The molecule has 1 aliphatic heterocycles. The van der Waals surface area contributed by atoms with Crippen LogP contribution in [0.3, 0.4) is 0 Å². The zero-order valence-corrected chi connectivity index (χ0v) is 14.0. The largest absolute Gasteiger partial charge is 0.494 e. The zero-order valence-electron chi connectivity index (χ0n) is 14.0. The van der Waals surface area contributed by atoms with E-state index in [-0.39, 0.29) is 17.1 Å². The number of carbonyl (C=O) groups excluding carboxylic acids is 1. The van der Waals surface area contributed by atoms with Gasteiger partial charge in [0.15, 0.2) is 5.43 Å². The van der Waals surface area contributed by atoms with Crippen LogP contribution < -0.4 is 10.2 Å². The molecule has 0 saturated carbocycles. The first-order chi connectivity index (χ1) is 12.1. The van der Waals surface area contributed by atoms with Gasteiger partial charge in [-0.1, -0.05) is 24.3 Å². The summed E-state index contributed by atoms with van der Waals surface area (Å²) in [5.74, 6) is 0.603. The van der Waals surface area contributed by atoms with Crippen LogP contribution in [0.15, 0.2) is 57.7 Å². The highest BCUT2D eigenvalue weighted by Gasteiger charge is 2.40. The molecule has 0 saturated heterocycles. The molecule has 0 aliphatic carbocycles. The Morgan fingerprint density at radius 3 is 2.52 bits per heavy atom. The summed E-state index contributed by atoms with van der Waals surface area (Å²) in [5, 5.41) is 0.486.